The van der Waals surface area contributed by atoms with Crippen molar-refractivity contribution in [3.05, 3.63) is 60.2 Å². The number of aryl methyl sites for hydroxylation is 1. The van der Waals surface area contributed by atoms with Gasteiger partial charge in [0.15, 0.2) is 5.82 Å². The van der Waals surface area contributed by atoms with E-state index in [9.17, 15) is 18.0 Å². The molecule has 0 radical (unpaired) electrons. The van der Waals surface area contributed by atoms with E-state index in [0.717, 1.165) is 0 Å². The summed E-state index contributed by atoms with van der Waals surface area (Å²) in [5, 5.41) is 8.15. The normalized spacial score (nSPS) is 11.2. The summed E-state index contributed by atoms with van der Waals surface area (Å²) in [6.07, 6.45) is 1.44. The average molecular weight is 404 g/mol. The fourth-order valence-electron chi connectivity index (χ4n) is 2.19. The third-order valence-corrected chi connectivity index (χ3v) is 4.89. The van der Waals surface area contributed by atoms with Crippen molar-refractivity contribution in [2.75, 3.05) is 10.6 Å². The number of hydrogen-bond acceptors (Lipinski definition) is 7. The number of nitrogens with zero attached hydrogens (tertiary/aromatic N) is 1. The average Bonchev–Trinajstić information content (AvgIpc) is 3.32. The van der Waals surface area contributed by atoms with E-state index < -0.39 is 21.8 Å². The van der Waals surface area contributed by atoms with Gasteiger partial charge in [-0.15, -0.1) is 0 Å². The molecule has 1 aromatic carbocycles. The van der Waals surface area contributed by atoms with Gasteiger partial charge in [0, 0.05) is 11.8 Å². The molecular weight excluding hydrogens is 388 g/mol. The molecule has 2 aromatic heterocycles. The lowest BCUT2D eigenvalue weighted by Crippen LogP contribution is -2.29. The molecule has 3 aromatic rings. The summed E-state index contributed by atoms with van der Waals surface area (Å²) >= 11 is 0. The highest BCUT2D eigenvalue weighted by molar-refractivity contribution is 7.89. The number of anilines is 2. The van der Waals surface area contributed by atoms with Crippen LogP contribution in [0.25, 0.3) is 0 Å². The van der Waals surface area contributed by atoms with E-state index in [4.69, 9.17) is 8.94 Å². The number of aromatic nitrogens is 1. The molecule has 0 aliphatic heterocycles. The number of hydrogen-bond donors (Lipinski definition) is 3. The quantitative estimate of drug-likeness (QED) is 0.530. The second kappa shape index (κ2) is 8.06. The van der Waals surface area contributed by atoms with E-state index in [1.54, 1.807) is 19.1 Å². The van der Waals surface area contributed by atoms with Crippen LogP contribution in [0, 0.1) is 6.92 Å². The van der Waals surface area contributed by atoms with E-state index in [0.29, 0.717) is 11.5 Å². The Bertz CT molecular complexity index is 1090. The molecule has 0 aliphatic carbocycles. The molecule has 0 spiro atoms. The van der Waals surface area contributed by atoms with Crippen LogP contribution < -0.4 is 15.4 Å². The van der Waals surface area contributed by atoms with Crippen LogP contribution in [0.5, 0.6) is 0 Å². The van der Waals surface area contributed by atoms with Crippen LogP contribution in [-0.4, -0.2) is 25.4 Å². The second-order valence-corrected chi connectivity index (χ2v) is 7.43. The lowest BCUT2D eigenvalue weighted by Gasteiger charge is -2.08. The highest BCUT2D eigenvalue weighted by Crippen LogP contribution is 2.16. The van der Waals surface area contributed by atoms with Gasteiger partial charge in [-0.3, -0.25) is 14.9 Å². The van der Waals surface area contributed by atoms with Gasteiger partial charge in [0.1, 0.15) is 11.5 Å². The predicted octanol–water partition coefficient (Wildman–Crippen LogP) is 1.63. The number of carbonyl (C=O) groups is 2. The van der Waals surface area contributed by atoms with Crippen LogP contribution >= 0.6 is 0 Å². The molecule has 0 fully saturated rings. The molecule has 0 atom stereocenters. The van der Waals surface area contributed by atoms with Crippen molar-refractivity contribution in [3.63, 3.8) is 0 Å². The van der Waals surface area contributed by atoms with Crippen molar-refractivity contribution in [2.45, 2.75) is 18.4 Å². The molecule has 0 unspecified atom stereocenters. The Balaban J connectivity index is 1.65. The Labute approximate surface area is 159 Å². The summed E-state index contributed by atoms with van der Waals surface area (Å²) < 4.78 is 37.0. The molecule has 2 amide bonds. The van der Waals surface area contributed by atoms with Crippen molar-refractivity contribution in [3.8, 4) is 0 Å². The van der Waals surface area contributed by atoms with E-state index in [-0.39, 0.29) is 22.9 Å². The lowest BCUT2D eigenvalue weighted by molar-refractivity contribution is -0.133. The maximum atomic E-state index is 12.4. The molecule has 3 rings (SSSR count). The zero-order valence-electron chi connectivity index (χ0n) is 14.6. The number of carbonyl (C=O) groups excluding carboxylic acids is 2. The third-order valence-electron chi connectivity index (χ3n) is 3.49. The summed E-state index contributed by atoms with van der Waals surface area (Å²) in [6, 6.07) is 10.2. The van der Waals surface area contributed by atoms with Crippen molar-refractivity contribution in [1.82, 2.24) is 9.88 Å². The fourth-order valence-corrected chi connectivity index (χ4v) is 3.23. The zero-order chi connectivity index (χ0) is 20.1. The van der Waals surface area contributed by atoms with Gasteiger partial charge >= 0.3 is 11.8 Å². The van der Waals surface area contributed by atoms with Gasteiger partial charge in [-0.2, -0.15) is 0 Å². The molecule has 0 bridgehead atoms. The molecule has 3 N–H and O–H groups in total. The van der Waals surface area contributed by atoms with Crippen molar-refractivity contribution >= 4 is 33.3 Å². The summed E-state index contributed by atoms with van der Waals surface area (Å²) in [6.45, 7) is 1.61. The number of furan rings is 1. The van der Waals surface area contributed by atoms with Gasteiger partial charge in [0.05, 0.1) is 17.7 Å². The van der Waals surface area contributed by atoms with E-state index in [1.165, 1.54) is 36.6 Å². The minimum absolute atomic E-state index is 0.0224. The molecule has 146 valence electrons. The van der Waals surface area contributed by atoms with Gasteiger partial charge in [-0.25, -0.2) is 13.1 Å². The third kappa shape index (κ3) is 4.84. The first-order valence-electron chi connectivity index (χ1n) is 8.01. The minimum atomic E-state index is -3.84. The Kier molecular flexibility index (Phi) is 5.57. The number of rotatable bonds is 6. The van der Waals surface area contributed by atoms with Gasteiger partial charge in [0.25, 0.3) is 0 Å². The summed E-state index contributed by atoms with van der Waals surface area (Å²) in [5.74, 6) is -0.948. The number of nitrogens with one attached hydrogen (secondary N) is 3. The largest absolute Gasteiger partial charge is 0.468 e. The number of amides is 2. The minimum Gasteiger partial charge on any atom is -0.468 e. The summed E-state index contributed by atoms with van der Waals surface area (Å²) in [7, 11) is -3.84. The van der Waals surface area contributed by atoms with E-state index in [2.05, 4.69) is 20.5 Å². The van der Waals surface area contributed by atoms with Crippen LogP contribution in [0.3, 0.4) is 0 Å². The molecular formula is C17H16N4O6S. The molecule has 11 heteroatoms. The first-order chi connectivity index (χ1) is 13.3. The maximum absolute atomic E-state index is 12.4. The van der Waals surface area contributed by atoms with Gasteiger partial charge in [0.2, 0.25) is 10.0 Å². The van der Waals surface area contributed by atoms with Crippen molar-refractivity contribution in [1.29, 1.82) is 0 Å². The fraction of sp³-hybridized carbons (Fsp3) is 0.118. The van der Waals surface area contributed by atoms with Crippen LogP contribution in [0.1, 0.15) is 11.5 Å². The molecule has 2 heterocycles. The van der Waals surface area contributed by atoms with Gasteiger partial charge in [-0.05, 0) is 37.3 Å². The molecule has 0 saturated heterocycles. The molecule has 0 aliphatic rings. The topological polar surface area (TPSA) is 144 Å². The number of benzene rings is 1. The second-order valence-electron chi connectivity index (χ2n) is 5.66. The van der Waals surface area contributed by atoms with Gasteiger partial charge in [-0.1, -0.05) is 11.2 Å². The standard InChI is InChI=1S/C17H16N4O6S/c1-11-8-15(21-27-11)20-17(23)16(22)19-12-4-2-6-14(9-12)28(24,25)18-10-13-5-3-7-26-13/h2-9,18H,10H2,1H3,(H,19,22)(H,20,21,23). The van der Waals surface area contributed by atoms with E-state index in [1.807, 2.05) is 0 Å². The Morgan fingerprint density at radius 1 is 1.07 bits per heavy atom. The molecule has 28 heavy (non-hydrogen) atoms. The first-order valence-corrected chi connectivity index (χ1v) is 9.49. The smallest absolute Gasteiger partial charge is 0.315 e. The van der Waals surface area contributed by atoms with Gasteiger partial charge < -0.3 is 14.3 Å². The van der Waals surface area contributed by atoms with Crippen LogP contribution in [0.15, 0.2) is 62.6 Å². The SMILES string of the molecule is Cc1cc(NC(=O)C(=O)Nc2cccc(S(=O)(=O)NCc3ccco3)c2)no1. The summed E-state index contributed by atoms with van der Waals surface area (Å²) in [5.41, 5.74) is 0.136. The zero-order valence-corrected chi connectivity index (χ0v) is 15.4. The van der Waals surface area contributed by atoms with Crippen LogP contribution in [0.4, 0.5) is 11.5 Å². The molecule has 10 nitrogen and oxygen atoms in total. The van der Waals surface area contributed by atoms with Crippen LogP contribution in [0.2, 0.25) is 0 Å². The van der Waals surface area contributed by atoms with Crippen molar-refractivity contribution in [2.24, 2.45) is 0 Å². The monoisotopic (exact) mass is 404 g/mol. The molecule has 0 saturated carbocycles. The first kappa shape index (κ1) is 19.3. The maximum Gasteiger partial charge on any atom is 0.315 e. The van der Waals surface area contributed by atoms with E-state index >= 15 is 0 Å². The summed E-state index contributed by atoms with van der Waals surface area (Å²) in [4.78, 5) is 23.8. The van der Waals surface area contributed by atoms with Crippen molar-refractivity contribution < 1.29 is 26.9 Å². The highest BCUT2D eigenvalue weighted by atomic mass is 32.2. The number of sulfonamides is 1. The highest BCUT2D eigenvalue weighted by Gasteiger charge is 2.18. The van der Waals surface area contributed by atoms with Crippen LogP contribution in [-0.2, 0) is 26.2 Å². The Hall–Kier alpha value is -3.44. The predicted molar refractivity (Wildman–Crippen MR) is 97.7 cm³/mol. The lowest BCUT2D eigenvalue weighted by atomic mass is 10.3. The Morgan fingerprint density at radius 2 is 1.86 bits per heavy atom. The Morgan fingerprint density at radius 3 is 2.54 bits per heavy atom.